The number of aliphatic carboxylic acids is 1. The van der Waals surface area contributed by atoms with E-state index in [-0.39, 0.29) is 13.2 Å². The van der Waals surface area contributed by atoms with Crippen molar-refractivity contribution in [1.82, 2.24) is 10.2 Å². The number of ether oxygens (including phenoxy) is 2. The monoisotopic (exact) mass is 246 g/mol. The third kappa shape index (κ3) is 1.88. The first-order valence-corrected chi connectivity index (χ1v) is 5.38. The molecule has 92 valence electrons. The van der Waals surface area contributed by atoms with Gasteiger partial charge in [-0.3, -0.25) is 9.89 Å². The summed E-state index contributed by atoms with van der Waals surface area (Å²) in [7, 11) is 0. The second-order valence-corrected chi connectivity index (χ2v) is 3.92. The number of carbonyl (C=O) groups is 1. The number of fused-ring (bicyclic) bond motifs is 1. The number of aromatic nitrogens is 2. The number of carboxylic acids is 1. The molecule has 1 aliphatic heterocycles. The molecule has 0 amide bonds. The molecule has 6 nitrogen and oxygen atoms in total. The van der Waals surface area contributed by atoms with Crippen LogP contribution in [0.25, 0.3) is 11.3 Å². The molecule has 1 aliphatic rings. The van der Waals surface area contributed by atoms with Gasteiger partial charge in [0.05, 0.1) is 12.1 Å². The highest BCUT2D eigenvalue weighted by Gasteiger charge is 2.15. The lowest BCUT2D eigenvalue weighted by Crippen LogP contribution is -1.99. The maximum atomic E-state index is 10.6. The van der Waals surface area contributed by atoms with Crippen molar-refractivity contribution in [3.8, 4) is 22.8 Å². The second kappa shape index (κ2) is 4.06. The van der Waals surface area contributed by atoms with Crippen LogP contribution >= 0.6 is 0 Å². The quantitative estimate of drug-likeness (QED) is 0.855. The van der Waals surface area contributed by atoms with E-state index in [4.69, 9.17) is 14.6 Å². The van der Waals surface area contributed by atoms with Crippen LogP contribution in [0.1, 0.15) is 5.69 Å². The van der Waals surface area contributed by atoms with Crippen LogP contribution in [0.2, 0.25) is 0 Å². The van der Waals surface area contributed by atoms with Crippen LogP contribution in [-0.2, 0) is 11.2 Å². The van der Waals surface area contributed by atoms with Gasteiger partial charge >= 0.3 is 5.97 Å². The van der Waals surface area contributed by atoms with Gasteiger partial charge in [0.1, 0.15) is 0 Å². The van der Waals surface area contributed by atoms with Crippen molar-refractivity contribution in [3.05, 3.63) is 30.0 Å². The zero-order valence-electron chi connectivity index (χ0n) is 9.34. The van der Waals surface area contributed by atoms with Crippen molar-refractivity contribution in [1.29, 1.82) is 0 Å². The van der Waals surface area contributed by atoms with Crippen LogP contribution in [0.5, 0.6) is 11.5 Å². The molecule has 0 spiro atoms. The summed E-state index contributed by atoms with van der Waals surface area (Å²) < 4.78 is 10.5. The molecule has 0 unspecified atom stereocenters. The van der Waals surface area contributed by atoms with Crippen molar-refractivity contribution in [2.45, 2.75) is 6.42 Å². The standard InChI is InChI=1S/C12H10N2O4/c15-12(16)5-8-4-9(14-13-8)7-1-2-10-11(3-7)18-6-17-10/h1-4H,5-6H2,(H,13,14)(H,15,16). The minimum atomic E-state index is -0.893. The van der Waals surface area contributed by atoms with Crippen LogP contribution in [0, 0.1) is 0 Å². The second-order valence-electron chi connectivity index (χ2n) is 3.92. The summed E-state index contributed by atoms with van der Waals surface area (Å²) in [6.07, 6.45) is -0.0719. The fourth-order valence-electron chi connectivity index (χ4n) is 1.82. The van der Waals surface area contributed by atoms with E-state index in [9.17, 15) is 4.79 Å². The Morgan fingerprint density at radius 3 is 3.00 bits per heavy atom. The topological polar surface area (TPSA) is 84.4 Å². The summed E-state index contributed by atoms with van der Waals surface area (Å²) in [5, 5.41) is 15.5. The number of benzene rings is 1. The molecule has 0 atom stereocenters. The highest BCUT2D eigenvalue weighted by molar-refractivity contribution is 5.71. The number of hydrogen-bond donors (Lipinski definition) is 2. The van der Waals surface area contributed by atoms with E-state index in [0.717, 1.165) is 5.56 Å². The fraction of sp³-hybridized carbons (Fsp3) is 0.167. The van der Waals surface area contributed by atoms with Crippen LogP contribution in [0.3, 0.4) is 0 Å². The third-order valence-corrected chi connectivity index (χ3v) is 2.64. The molecule has 2 aromatic rings. The van der Waals surface area contributed by atoms with E-state index >= 15 is 0 Å². The Morgan fingerprint density at radius 2 is 2.17 bits per heavy atom. The van der Waals surface area contributed by atoms with Gasteiger partial charge in [-0.1, -0.05) is 0 Å². The molecule has 6 heteroatoms. The molecule has 3 rings (SSSR count). The molecule has 1 aromatic carbocycles. The van der Waals surface area contributed by atoms with Crippen LogP contribution in [0.15, 0.2) is 24.3 Å². The van der Waals surface area contributed by atoms with E-state index < -0.39 is 5.97 Å². The zero-order valence-corrected chi connectivity index (χ0v) is 9.34. The Kier molecular flexibility index (Phi) is 2.40. The molecular weight excluding hydrogens is 236 g/mol. The van der Waals surface area contributed by atoms with Crippen LogP contribution in [0.4, 0.5) is 0 Å². The minimum Gasteiger partial charge on any atom is -0.481 e. The van der Waals surface area contributed by atoms with Gasteiger partial charge in [0.15, 0.2) is 11.5 Å². The number of H-pyrrole nitrogens is 1. The summed E-state index contributed by atoms with van der Waals surface area (Å²) in [4.78, 5) is 10.6. The Labute approximate surface area is 102 Å². The Morgan fingerprint density at radius 1 is 1.33 bits per heavy atom. The van der Waals surface area contributed by atoms with E-state index in [1.54, 1.807) is 6.07 Å². The van der Waals surface area contributed by atoms with Gasteiger partial charge in [0.2, 0.25) is 6.79 Å². The van der Waals surface area contributed by atoms with Gasteiger partial charge in [-0.05, 0) is 24.3 Å². The van der Waals surface area contributed by atoms with Crippen LogP contribution in [-0.4, -0.2) is 28.1 Å². The lowest BCUT2D eigenvalue weighted by molar-refractivity contribution is -0.136. The smallest absolute Gasteiger partial charge is 0.309 e. The first kappa shape index (κ1) is 10.6. The van der Waals surface area contributed by atoms with Gasteiger partial charge in [-0.2, -0.15) is 5.10 Å². The molecule has 0 bridgehead atoms. The normalized spacial score (nSPS) is 12.7. The molecule has 0 radical (unpaired) electrons. The number of rotatable bonds is 3. The molecule has 0 aliphatic carbocycles. The van der Waals surface area contributed by atoms with Gasteiger partial charge in [0.25, 0.3) is 0 Å². The van der Waals surface area contributed by atoms with E-state index in [1.165, 1.54) is 0 Å². The van der Waals surface area contributed by atoms with Gasteiger partial charge < -0.3 is 14.6 Å². The Hall–Kier alpha value is -2.50. The van der Waals surface area contributed by atoms with Gasteiger partial charge in [-0.15, -0.1) is 0 Å². The highest BCUT2D eigenvalue weighted by atomic mass is 16.7. The van der Waals surface area contributed by atoms with Gasteiger partial charge in [0, 0.05) is 11.3 Å². The van der Waals surface area contributed by atoms with Crippen LogP contribution < -0.4 is 9.47 Å². The lowest BCUT2D eigenvalue weighted by atomic mass is 10.1. The van der Waals surface area contributed by atoms with Gasteiger partial charge in [-0.25, -0.2) is 0 Å². The van der Waals surface area contributed by atoms with Crippen molar-refractivity contribution < 1.29 is 19.4 Å². The molecule has 1 aromatic heterocycles. The molecule has 2 N–H and O–H groups in total. The summed E-state index contributed by atoms with van der Waals surface area (Å²) in [6.45, 7) is 0.226. The summed E-state index contributed by atoms with van der Waals surface area (Å²) in [6, 6.07) is 7.20. The minimum absolute atomic E-state index is 0.0719. The largest absolute Gasteiger partial charge is 0.481 e. The zero-order chi connectivity index (χ0) is 12.5. The molecule has 2 heterocycles. The third-order valence-electron chi connectivity index (χ3n) is 2.64. The van der Waals surface area contributed by atoms with Crippen molar-refractivity contribution >= 4 is 5.97 Å². The number of hydrogen-bond acceptors (Lipinski definition) is 4. The van der Waals surface area contributed by atoms with E-state index in [0.29, 0.717) is 22.9 Å². The Balaban J connectivity index is 1.90. The predicted molar refractivity (Wildman–Crippen MR) is 61.5 cm³/mol. The average molecular weight is 246 g/mol. The van der Waals surface area contributed by atoms with E-state index in [2.05, 4.69) is 10.2 Å². The SMILES string of the molecule is O=C(O)Cc1cc(-c2ccc3c(c2)OCO3)n[nH]1. The predicted octanol–water partition coefficient (Wildman–Crippen LogP) is 1.43. The number of carboxylic acid groups (broad SMARTS) is 1. The van der Waals surface area contributed by atoms with Crippen molar-refractivity contribution in [3.63, 3.8) is 0 Å². The summed E-state index contributed by atoms with van der Waals surface area (Å²) in [5.41, 5.74) is 2.10. The maximum absolute atomic E-state index is 10.6. The van der Waals surface area contributed by atoms with E-state index in [1.807, 2.05) is 18.2 Å². The first-order valence-electron chi connectivity index (χ1n) is 5.38. The first-order chi connectivity index (χ1) is 8.72. The molecular formula is C12H10N2O4. The number of nitrogens with one attached hydrogen (secondary N) is 1. The number of aromatic amines is 1. The highest BCUT2D eigenvalue weighted by Crippen LogP contribution is 2.35. The number of nitrogens with zero attached hydrogens (tertiary/aromatic N) is 1. The molecule has 0 fully saturated rings. The average Bonchev–Trinajstić information content (AvgIpc) is 2.95. The van der Waals surface area contributed by atoms with Crippen molar-refractivity contribution in [2.75, 3.05) is 6.79 Å². The summed E-state index contributed by atoms with van der Waals surface area (Å²) >= 11 is 0. The fourth-order valence-corrected chi connectivity index (χ4v) is 1.82. The maximum Gasteiger partial charge on any atom is 0.309 e. The molecule has 0 saturated heterocycles. The molecule has 18 heavy (non-hydrogen) atoms. The Bertz CT molecular complexity index is 606. The summed E-state index contributed by atoms with van der Waals surface area (Å²) in [5.74, 6) is 0.492. The molecule has 0 saturated carbocycles. The lowest BCUT2D eigenvalue weighted by Gasteiger charge is -1.98. The van der Waals surface area contributed by atoms with Crippen molar-refractivity contribution in [2.24, 2.45) is 0 Å².